The monoisotopic (exact) mass is 637 g/mol. The minimum atomic E-state index is -1.30. The van der Waals surface area contributed by atoms with Gasteiger partial charge in [0.25, 0.3) is 11.8 Å². The summed E-state index contributed by atoms with van der Waals surface area (Å²) in [6, 6.07) is -0.930. The molecule has 2 aliphatic heterocycles. The highest BCUT2D eigenvalue weighted by atomic mass is 32.2. The summed E-state index contributed by atoms with van der Waals surface area (Å²) in [7, 11) is 0. The lowest BCUT2D eigenvalue weighted by Crippen LogP contribution is -2.70. The highest BCUT2D eigenvalue weighted by molar-refractivity contribution is 8.00. The van der Waals surface area contributed by atoms with E-state index in [1.807, 2.05) is 6.92 Å². The number of anilines is 1. The molecule has 4 heterocycles. The van der Waals surface area contributed by atoms with E-state index in [0.717, 1.165) is 11.1 Å². The Hall–Kier alpha value is -4.03. The van der Waals surface area contributed by atoms with Crippen LogP contribution < -0.4 is 11.1 Å². The molecule has 0 saturated carbocycles. The molecule has 18 heteroatoms. The van der Waals surface area contributed by atoms with E-state index >= 15 is 0 Å². The van der Waals surface area contributed by atoms with Gasteiger partial charge in [-0.05, 0) is 44.0 Å². The van der Waals surface area contributed by atoms with Gasteiger partial charge >= 0.3 is 12.1 Å². The zero-order chi connectivity index (χ0) is 30.4. The molecule has 2 aliphatic rings. The average molecular weight is 638 g/mol. The van der Waals surface area contributed by atoms with Gasteiger partial charge < -0.3 is 30.1 Å². The molecule has 2 aromatic heterocycles. The molecule has 0 spiro atoms. The van der Waals surface area contributed by atoms with Crippen molar-refractivity contribution in [1.82, 2.24) is 24.8 Å². The fraction of sp³-hybridized carbons (Fsp3) is 0.417. The Kier molecular flexibility index (Phi) is 10.1. The lowest BCUT2D eigenvalue weighted by molar-refractivity contribution is -0.169. The first-order valence-electron chi connectivity index (χ1n) is 12.4. The number of aryl methyl sites for hydroxylation is 1. The number of oxime groups is 1. The maximum atomic E-state index is 13.3. The van der Waals surface area contributed by atoms with Gasteiger partial charge in [-0.15, -0.1) is 28.2 Å². The number of β-lactam (4-membered cyclic amide) rings is 1. The van der Waals surface area contributed by atoms with E-state index in [2.05, 4.69) is 25.0 Å². The quantitative estimate of drug-likeness (QED) is 0.120. The molecular weight excluding hydrogens is 611 g/mol. The molecule has 0 aliphatic carbocycles. The van der Waals surface area contributed by atoms with Crippen LogP contribution in [0, 0.1) is 6.92 Å². The summed E-state index contributed by atoms with van der Waals surface area (Å²) in [5, 5.41) is 11.7. The number of aromatic nitrogens is 3. The van der Waals surface area contributed by atoms with Gasteiger partial charge in [-0.2, -0.15) is 0 Å². The van der Waals surface area contributed by atoms with Crippen molar-refractivity contribution in [3.63, 3.8) is 0 Å². The highest BCUT2D eigenvalue weighted by Crippen LogP contribution is 2.41. The number of allylic oxidation sites excluding steroid dienone is 1. The summed E-state index contributed by atoms with van der Waals surface area (Å²) in [5.41, 5.74) is 7.16. The largest absolute Gasteiger partial charge is 0.511 e. The first-order chi connectivity index (χ1) is 20.0. The van der Waals surface area contributed by atoms with E-state index in [9.17, 15) is 19.2 Å². The number of carbonyl (C=O) groups excluding carboxylic acids is 4. The molecule has 0 aromatic carbocycles. The van der Waals surface area contributed by atoms with Crippen molar-refractivity contribution in [2.75, 3.05) is 11.5 Å². The van der Waals surface area contributed by atoms with Gasteiger partial charge in [0, 0.05) is 22.9 Å². The molecule has 2 amide bonds. The predicted octanol–water partition coefficient (Wildman–Crippen LogP) is 2.21. The summed E-state index contributed by atoms with van der Waals surface area (Å²) < 4.78 is 19.1. The number of carbonyl (C=O) groups is 4. The van der Waals surface area contributed by atoms with Crippen LogP contribution in [0.4, 0.5) is 9.93 Å². The Morgan fingerprint density at radius 1 is 1.24 bits per heavy atom. The summed E-state index contributed by atoms with van der Waals surface area (Å²) in [4.78, 5) is 61.9. The SMILES string of the molecule is Cc1snnc1/C=C\C1=C(C(=O)OC(C)OC(=O)OC(C)C)N2C(=O)C(NC(=O)/C=N\OCc3csc(N)n3)C2SC1. The van der Waals surface area contributed by atoms with Gasteiger partial charge in [-0.1, -0.05) is 15.7 Å². The number of thioether (sulfide) groups is 1. The van der Waals surface area contributed by atoms with Crippen molar-refractivity contribution in [1.29, 1.82) is 0 Å². The van der Waals surface area contributed by atoms with Crippen LogP contribution in [0.2, 0.25) is 0 Å². The third kappa shape index (κ3) is 7.62. The second-order valence-corrected chi connectivity index (χ2v) is 12.0. The van der Waals surface area contributed by atoms with E-state index in [0.29, 0.717) is 27.8 Å². The van der Waals surface area contributed by atoms with Crippen LogP contribution in [0.25, 0.3) is 6.08 Å². The molecule has 15 nitrogen and oxygen atoms in total. The van der Waals surface area contributed by atoms with Crippen molar-refractivity contribution in [2.24, 2.45) is 5.16 Å². The number of amides is 2. The molecule has 224 valence electrons. The number of nitrogens with one attached hydrogen (secondary N) is 1. The second kappa shape index (κ2) is 13.8. The Morgan fingerprint density at radius 2 is 2.02 bits per heavy atom. The molecule has 3 unspecified atom stereocenters. The van der Waals surface area contributed by atoms with Crippen LogP contribution in [0.5, 0.6) is 0 Å². The molecule has 0 bridgehead atoms. The standard InChI is InChI=1S/C24H27N7O8S3/c1-11(2)37-24(35)39-13(4)38-22(34)19-14(5-6-16-12(3)42-30-29-16)9-40-21-18(20(33)31(19)21)28-17(32)7-26-36-8-15-10-41-23(25)27-15/h5-7,10-11,13,18,21H,8-9H2,1-4H3,(H2,25,27)(H,28,32)/b6-5-,26-7-. The number of esters is 1. The smallest absolute Gasteiger partial charge is 0.431 e. The molecule has 3 atom stereocenters. The lowest BCUT2D eigenvalue weighted by atomic mass is 10.0. The Balaban J connectivity index is 1.45. The second-order valence-electron chi connectivity index (χ2n) is 9.01. The Morgan fingerprint density at radius 3 is 2.69 bits per heavy atom. The fourth-order valence-electron chi connectivity index (χ4n) is 3.69. The fourth-order valence-corrected chi connectivity index (χ4v) is 6.01. The number of hydrogen-bond acceptors (Lipinski definition) is 16. The van der Waals surface area contributed by atoms with Crippen LogP contribution in [-0.2, 0) is 40.0 Å². The molecule has 3 N–H and O–H groups in total. The van der Waals surface area contributed by atoms with Crippen molar-refractivity contribution in [3.05, 3.63) is 39.0 Å². The van der Waals surface area contributed by atoms with Crippen LogP contribution in [0.1, 0.15) is 37.0 Å². The van der Waals surface area contributed by atoms with Crippen molar-refractivity contribution < 1.29 is 38.2 Å². The number of nitrogen functional groups attached to an aromatic ring is 1. The minimum Gasteiger partial charge on any atom is -0.431 e. The first kappa shape index (κ1) is 30.9. The molecule has 42 heavy (non-hydrogen) atoms. The zero-order valence-corrected chi connectivity index (χ0v) is 25.3. The third-order valence-corrected chi connectivity index (χ3v) is 8.18. The van der Waals surface area contributed by atoms with Gasteiger partial charge in [0.15, 0.2) is 11.7 Å². The number of nitrogens with two attached hydrogens (primary N) is 1. The summed E-state index contributed by atoms with van der Waals surface area (Å²) in [5.74, 6) is -1.79. The number of nitrogens with zero attached hydrogens (tertiary/aromatic N) is 5. The molecule has 0 radical (unpaired) electrons. The minimum absolute atomic E-state index is 0.0203. The van der Waals surface area contributed by atoms with E-state index in [1.54, 1.807) is 31.4 Å². The van der Waals surface area contributed by atoms with Crippen molar-refractivity contribution in [2.45, 2.75) is 58.1 Å². The molecule has 1 saturated heterocycles. The molecule has 1 fully saturated rings. The van der Waals surface area contributed by atoms with Gasteiger partial charge in [-0.25, -0.2) is 14.6 Å². The summed E-state index contributed by atoms with van der Waals surface area (Å²) in [6.07, 6.45) is 1.50. The lowest BCUT2D eigenvalue weighted by Gasteiger charge is -2.49. The van der Waals surface area contributed by atoms with Crippen molar-refractivity contribution in [3.8, 4) is 0 Å². The van der Waals surface area contributed by atoms with Gasteiger partial charge in [0.2, 0.25) is 6.29 Å². The van der Waals surface area contributed by atoms with Gasteiger partial charge in [0.05, 0.1) is 11.8 Å². The molecule has 2 aromatic rings. The highest BCUT2D eigenvalue weighted by Gasteiger charge is 2.54. The van der Waals surface area contributed by atoms with Crippen LogP contribution >= 0.6 is 34.6 Å². The number of fused-ring (bicyclic) bond motifs is 1. The number of thiazole rings is 1. The van der Waals surface area contributed by atoms with Crippen LogP contribution in [0.3, 0.4) is 0 Å². The Bertz CT molecular complexity index is 1440. The number of rotatable bonds is 11. The molecule has 4 rings (SSSR count). The molecular formula is C24H27N7O8S3. The normalized spacial score (nSPS) is 19.1. The topological polar surface area (TPSA) is 198 Å². The van der Waals surface area contributed by atoms with Crippen molar-refractivity contribution >= 4 is 76.0 Å². The number of hydrogen-bond donors (Lipinski definition) is 2. The van der Waals surface area contributed by atoms with E-state index in [4.69, 9.17) is 24.8 Å². The van der Waals surface area contributed by atoms with E-state index in [1.165, 1.54) is 46.5 Å². The van der Waals surface area contributed by atoms with Gasteiger partial charge in [-0.3, -0.25) is 14.5 Å². The average Bonchev–Trinajstić information content (AvgIpc) is 3.54. The third-order valence-electron chi connectivity index (χ3n) is 5.51. The van der Waals surface area contributed by atoms with E-state index in [-0.39, 0.29) is 12.3 Å². The first-order valence-corrected chi connectivity index (χ1v) is 15.1. The maximum Gasteiger partial charge on any atom is 0.511 e. The van der Waals surface area contributed by atoms with Crippen LogP contribution in [0.15, 0.2) is 27.9 Å². The Labute approximate surface area is 252 Å². The van der Waals surface area contributed by atoms with E-state index < -0.39 is 47.7 Å². The maximum absolute atomic E-state index is 13.3. The van der Waals surface area contributed by atoms with Crippen LogP contribution in [-0.4, -0.2) is 79.2 Å². The van der Waals surface area contributed by atoms with Gasteiger partial charge in [0.1, 0.15) is 29.0 Å². The predicted molar refractivity (Wildman–Crippen MR) is 154 cm³/mol. The summed E-state index contributed by atoms with van der Waals surface area (Å²) >= 11 is 3.81. The zero-order valence-electron chi connectivity index (χ0n) is 22.8. The summed E-state index contributed by atoms with van der Waals surface area (Å²) in [6.45, 7) is 6.50. The number of ether oxygens (including phenoxy) is 3.